The molecular weight excluding hydrogens is 339 g/mol. The van der Waals surface area contributed by atoms with Crippen LogP contribution in [0.25, 0.3) is 0 Å². The summed E-state index contributed by atoms with van der Waals surface area (Å²) in [6.45, 7) is -0.366. The molecule has 0 spiro atoms. The molecule has 7 heteroatoms. The highest BCUT2D eigenvalue weighted by Gasteiger charge is 2.08. The second-order valence-corrected chi connectivity index (χ2v) is 5.39. The first kappa shape index (κ1) is 17.1. The average Bonchev–Trinajstić information content (AvgIpc) is 2.54. The fourth-order valence-electron chi connectivity index (χ4n) is 1.67. The van der Waals surface area contributed by atoms with Gasteiger partial charge in [-0.05, 0) is 36.4 Å². The fourth-order valence-corrected chi connectivity index (χ4v) is 1.98. The zero-order valence-corrected chi connectivity index (χ0v) is 13.5. The highest BCUT2D eigenvalue weighted by Crippen LogP contribution is 2.20. The highest BCUT2D eigenvalue weighted by molar-refractivity contribution is 6.33. The van der Waals surface area contributed by atoms with Gasteiger partial charge in [-0.15, -0.1) is 0 Å². The number of benzene rings is 2. The monoisotopic (exact) mass is 352 g/mol. The summed E-state index contributed by atoms with van der Waals surface area (Å²) in [5.74, 6) is -0.266. The molecule has 2 aromatic carbocycles. The van der Waals surface area contributed by atoms with E-state index in [4.69, 9.17) is 27.9 Å². The molecule has 0 aliphatic rings. The number of rotatable bonds is 6. The lowest BCUT2D eigenvalue weighted by Crippen LogP contribution is -2.35. The molecule has 0 heterocycles. The maximum absolute atomic E-state index is 11.7. The molecule has 23 heavy (non-hydrogen) atoms. The van der Waals surface area contributed by atoms with Gasteiger partial charge in [-0.1, -0.05) is 35.3 Å². The number of hydrogen-bond donors (Lipinski definition) is 2. The van der Waals surface area contributed by atoms with Gasteiger partial charge in [-0.2, -0.15) is 0 Å². The van der Waals surface area contributed by atoms with Crippen LogP contribution in [0.2, 0.25) is 10.0 Å². The van der Waals surface area contributed by atoms with Crippen molar-refractivity contribution in [1.82, 2.24) is 5.32 Å². The largest absolute Gasteiger partial charge is 0.484 e. The average molecular weight is 353 g/mol. The van der Waals surface area contributed by atoms with Gasteiger partial charge in [0.05, 0.1) is 17.3 Å². The van der Waals surface area contributed by atoms with Crippen molar-refractivity contribution in [2.45, 2.75) is 0 Å². The van der Waals surface area contributed by atoms with Crippen LogP contribution in [0.1, 0.15) is 0 Å². The minimum Gasteiger partial charge on any atom is -0.484 e. The van der Waals surface area contributed by atoms with E-state index < -0.39 is 5.91 Å². The lowest BCUT2D eigenvalue weighted by atomic mass is 10.3. The summed E-state index contributed by atoms with van der Waals surface area (Å²) in [5, 5.41) is 6.07. The van der Waals surface area contributed by atoms with Crippen molar-refractivity contribution in [3.8, 4) is 5.75 Å². The Morgan fingerprint density at radius 1 is 0.957 bits per heavy atom. The second kappa shape index (κ2) is 8.41. The number of hydrogen-bond acceptors (Lipinski definition) is 3. The predicted molar refractivity (Wildman–Crippen MR) is 90.0 cm³/mol. The van der Waals surface area contributed by atoms with Gasteiger partial charge in [-0.3, -0.25) is 9.59 Å². The molecule has 0 aliphatic carbocycles. The molecule has 5 nitrogen and oxygen atoms in total. The number of ether oxygens (including phenoxy) is 1. The van der Waals surface area contributed by atoms with E-state index in [9.17, 15) is 9.59 Å². The molecule has 120 valence electrons. The molecule has 0 fully saturated rings. The highest BCUT2D eigenvalue weighted by atomic mass is 35.5. The topological polar surface area (TPSA) is 67.4 Å². The van der Waals surface area contributed by atoms with Crippen molar-refractivity contribution >= 4 is 40.7 Å². The Morgan fingerprint density at radius 2 is 1.65 bits per heavy atom. The van der Waals surface area contributed by atoms with E-state index in [1.807, 2.05) is 0 Å². The van der Waals surface area contributed by atoms with Gasteiger partial charge in [-0.25, -0.2) is 0 Å². The summed E-state index contributed by atoms with van der Waals surface area (Å²) >= 11 is 11.7. The van der Waals surface area contributed by atoms with Crippen molar-refractivity contribution < 1.29 is 14.3 Å². The van der Waals surface area contributed by atoms with Crippen LogP contribution in [-0.2, 0) is 9.59 Å². The SMILES string of the molecule is O=C(COc1ccc(Cl)cc1)NCC(=O)Nc1ccccc1Cl. The minimum atomic E-state index is -0.408. The van der Waals surface area contributed by atoms with Crippen LogP contribution in [0.15, 0.2) is 48.5 Å². The van der Waals surface area contributed by atoms with Crippen LogP contribution in [0.5, 0.6) is 5.75 Å². The Morgan fingerprint density at radius 3 is 2.35 bits per heavy atom. The van der Waals surface area contributed by atoms with Crippen molar-refractivity contribution in [1.29, 1.82) is 0 Å². The summed E-state index contributed by atoms with van der Waals surface area (Å²) in [7, 11) is 0. The molecule has 0 radical (unpaired) electrons. The number of carbonyl (C=O) groups excluding carboxylic acids is 2. The second-order valence-electron chi connectivity index (χ2n) is 4.55. The molecular formula is C16H14Cl2N2O3. The van der Waals surface area contributed by atoms with Crippen LogP contribution in [0, 0.1) is 0 Å². The van der Waals surface area contributed by atoms with Crippen molar-refractivity contribution in [2.24, 2.45) is 0 Å². The molecule has 2 N–H and O–H groups in total. The third-order valence-corrected chi connectivity index (χ3v) is 3.36. The normalized spacial score (nSPS) is 10.0. The Hall–Kier alpha value is -2.24. The van der Waals surface area contributed by atoms with Gasteiger partial charge in [0.2, 0.25) is 5.91 Å². The summed E-state index contributed by atoms with van der Waals surface area (Å²) in [6, 6.07) is 13.5. The lowest BCUT2D eigenvalue weighted by molar-refractivity contribution is -0.125. The van der Waals surface area contributed by atoms with Crippen molar-refractivity contribution in [2.75, 3.05) is 18.5 Å². The summed E-state index contributed by atoms with van der Waals surface area (Å²) in [5.41, 5.74) is 0.492. The zero-order chi connectivity index (χ0) is 16.7. The van der Waals surface area contributed by atoms with Gasteiger partial charge in [0, 0.05) is 5.02 Å². The molecule has 0 aliphatic heterocycles. The first-order valence-corrected chi connectivity index (χ1v) is 7.49. The first-order valence-electron chi connectivity index (χ1n) is 6.74. The van der Waals surface area contributed by atoms with E-state index in [0.717, 1.165) is 0 Å². The third-order valence-electron chi connectivity index (χ3n) is 2.78. The quantitative estimate of drug-likeness (QED) is 0.839. The van der Waals surface area contributed by atoms with Gasteiger partial charge in [0.1, 0.15) is 5.75 Å². The van der Waals surface area contributed by atoms with E-state index in [1.54, 1.807) is 48.5 Å². The summed E-state index contributed by atoms with van der Waals surface area (Å²) < 4.78 is 5.27. The third kappa shape index (κ3) is 5.81. The Bertz CT molecular complexity index is 690. The maximum atomic E-state index is 11.7. The lowest BCUT2D eigenvalue weighted by Gasteiger charge is -2.09. The van der Waals surface area contributed by atoms with E-state index >= 15 is 0 Å². The van der Waals surface area contributed by atoms with Crippen LogP contribution in [-0.4, -0.2) is 25.0 Å². The molecule has 2 amide bonds. The zero-order valence-electron chi connectivity index (χ0n) is 12.0. The van der Waals surface area contributed by atoms with Gasteiger partial charge in [0.15, 0.2) is 6.61 Å². The van der Waals surface area contributed by atoms with Crippen LogP contribution in [0.4, 0.5) is 5.69 Å². The molecule has 0 bridgehead atoms. The van der Waals surface area contributed by atoms with Gasteiger partial charge >= 0.3 is 0 Å². The number of nitrogens with one attached hydrogen (secondary N) is 2. The number of para-hydroxylation sites is 1. The van der Waals surface area contributed by atoms with E-state index in [2.05, 4.69) is 10.6 Å². The van der Waals surface area contributed by atoms with Gasteiger partial charge in [0.25, 0.3) is 5.91 Å². The number of amides is 2. The van der Waals surface area contributed by atoms with Crippen LogP contribution in [0.3, 0.4) is 0 Å². The molecule has 0 saturated carbocycles. The standard InChI is InChI=1S/C16H14Cl2N2O3/c17-11-5-7-12(8-6-11)23-10-16(22)19-9-15(21)20-14-4-2-1-3-13(14)18/h1-8H,9-10H2,(H,19,22)(H,20,21). The molecule has 0 aromatic heterocycles. The first-order chi connectivity index (χ1) is 11.0. The van der Waals surface area contributed by atoms with Crippen molar-refractivity contribution in [3.63, 3.8) is 0 Å². The van der Waals surface area contributed by atoms with Crippen LogP contribution < -0.4 is 15.4 Å². The fraction of sp³-hybridized carbons (Fsp3) is 0.125. The number of carbonyl (C=O) groups is 2. The molecule has 2 aromatic rings. The molecule has 2 rings (SSSR count). The molecule has 0 atom stereocenters. The smallest absolute Gasteiger partial charge is 0.258 e. The number of anilines is 1. The van der Waals surface area contributed by atoms with Gasteiger partial charge < -0.3 is 15.4 Å². The van der Waals surface area contributed by atoms with E-state index in [1.165, 1.54) is 0 Å². The van der Waals surface area contributed by atoms with E-state index in [0.29, 0.717) is 21.5 Å². The summed E-state index contributed by atoms with van der Waals surface area (Å²) in [4.78, 5) is 23.4. The predicted octanol–water partition coefficient (Wildman–Crippen LogP) is 3.13. The molecule has 0 unspecified atom stereocenters. The minimum absolute atomic E-state index is 0.173. The van der Waals surface area contributed by atoms with Crippen LogP contribution >= 0.6 is 23.2 Å². The Labute approximate surface area is 143 Å². The maximum Gasteiger partial charge on any atom is 0.258 e. The Balaban J connectivity index is 1.72. The summed E-state index contributed by atoms with van der Waals surface area (Å²) in [6.07, 6.45) is 0. The van der Waals surface area contributed by atoms with Crippen molar-refractivity contribution in [3.05, 3.63) is 58.6 Å². The number of halogens is 2. The van der Waals surface area contributed by atoms with E-state index in [-0.39, 0.29) is 19.1 Å². The molecule has 0 saturated heterocycles. The Kier molecular flexibility index (Phi) is 6.26.